The first kappa shape index (κ1) is 11.9. The molecule has 0 bridgehead atoms. The Bertz CT molecular complexity index is 705. The van der Waals surface area contributed by atoms with Gasteiger partial charge in [0.25, 0.3) is 0 Å². The number of nitrogens with zero attached hydrogens (tertiary/aromatic N) is 3. The zero-order valence-corrected chi connectivity index (χ0v) is 11.1. The molecule has 0 unspecified atom stereocenters. The Labute approximate surface area is 115 Å². The number of imidazole rings is 1. The Balaban J connectivity index is 1.97. The zero-order valence-electron chi connectivity index (χ0n) is 10.3. The van der Waals surface area contributed by atoms with Crippen molar-refractivity contribution < 1.29 is 0 Å². The number of rotatable bonds is 3. The fourth-order valence-electron chi connectivity index (χ4n) is 1.86. The lowest BCUT2D eigenvalue weighted by molar-refractivity contribution is 1.14. The number of anilines is 2. The summed E-state index contributed by atoms with van der Waals surface area (Å²) in [5.74, 6) is 0.622. The van der Waals surface area contributed by atoms with Crippen LogP contribution in [0.5, 0.6) is 0 Å². The van der Waals surface area contributed by atoms with Crippen molar-refractivity contribution in [2.24, 2.45) is 0 Å². The molecule has 0 spiro atoms. The fraction of sp³-hybridized carbons (Fsp3) is 0.154. The summed E-state index contributed by atoms with van der Waals surface area (Å²) in [5.41, 5.74) is 3.53. The topological polar surface area (TPSA) is 66.5 Å². The molecule has 19 heavy (non-hydrogen) atoms. The van der Waals surface area contributed by atoms with Gasteiger partial charge in [-0.3, -0.25) is 0 Å². The predicted molar refractivity (Wildman–Crippen MR) is 75.8 cm³/mol. The summed E-state index contributed by atoms with van der Waals surface area (Å²) in [6, 6.07) is 8.18. The molecule has 5 nitrogen and oxygen atoms in total. The maximum Gasteiger partial charge on any atom is 0.226 e. The molecule has 3 rings (SSSR count). The van der Waals surface area contributed by atoms with Crippen LogP contribution < -0.4 is 5.32 Å². The van der Waals surface area contributed by atoms with E-state index in [4.69, 9.17) is 11.6 Å². The maximum atomic E-state index is 5.88. The van der Waals surface area contributed by atoms with E-state index in [0.29, 0.717) is 11.5 Å². The summed E-state index contributed by atoms with van der Waals surface area (Å²) in [6.07, 6.45) is 2.59. The molecule has 2 N–H and O–H groups in total. The molecule has 2 aromatic heterocycles. The van der Waals surface area contributed by atoms with Gasteiger partial charge in [-0.05, 0) is 35.7 Å². The lowest BCUT2D eigenvalue weighted by atomic mass is 10.1. The molecular formula is C13H12ClN5. The number of fused-ring (bicyclic) bond motifs is 1. The van der Waals surface area contributed by atoms with Crippen molar-refractivity contribution in [2.75, 3.05) is 5.32 Å². The van der Waals surface area contributed by atoms with E-state index in [-0.39, 0.29) is 5.28 Å². The molecular weight excluding hydrogens is 262 g/mol. The van der Waals surface area contributed by atoms with Gasteiger partial charge in [-0.25, -0.2) is 4.98 Å². The van der Waals surface area contributed by atoms with E-state index in [1.54, 1.807) is 6.33 Å². The quantitative estimate of drug-likeness (QED) is 0.719. The highest BCUT2D eigenvalue weighted by Crippen LogP contribution is 2.22. The van der Waals surface area contributed by atoms with E-state index in [9.17, 15) is 0 Å². The van der Waals surface area contributed by atoms with Crippen molar-refractivity contribution in [1.29, 1.82) is 0 Å². The third-order valence-corrected chi connectivity index (χ3v) is 3.05. The molecule has 1 aromatic carbocycles. The number of benzene rings is 1. The molecule has 0 atom stereocenters. The second-order valence-electron chi connectivity index (χ2n) is 4.12. The average molecular weight is 274 g/mol. The third-order valence-electron chi connectivity index (χ3n) is 2.88. The Hall–Kier alpha value is -2.14. The van der Waals surface area contributed by atoms with Crippen LogP contribution >= 0.6 is 11.6 Å². The van der Waals surface area contributed by atoms with Crippen LogP contribution in [0.4, 0.5) is 11.5 Å². The first-order chi connectivity index (χ1) is 9.26. The normalized spacial score (nSPS) is 10.8. The van der Waals surface area contributed by atoms with E-state index >= 15 is 0 Å². The van der Waals surface area contributed by atoms with Gasteiger partial charge in [-0.15, -0.1) is 0 Å². The average Bonchev–Trinajstić information content (AvgIpc) is 2.88. The van der Waals surface area contributed by atoms with Crippen molar-refractivity contribution in [1.82, 2.24) is 19.9 Å². The highest BCUT2D eigenvalue weighted by molar-refractivity contribution is 6.28. The fourth-order valence-corrected chi connectivity index (χ4v) is 2.02. The van der Waals surface area contributed by atoms with Crippen LogP contribution in [0.2, 0.25) is 5.28 Å². The molecule has 96 valence electrons. The number of aromatic amines is 1. The van der Waals surface area contributed by atoms with E-state index in [1.165, 1.54) is 5.56 Å². The van der Waals surface area contributed by atoms with Gasteiger partial charge in [0.1, 0.15) is 5.52 Å². The molecule has 3 aromatic rings. The van der Waals surface area contributed by atoms with Gasteiger partial charge >= 0.3 is 0 Å². The van der Waals surface area contributed by atoms with Crippen molar-refractivity contribution in [3.8, 4) is 0 Å². The van der Waals surface area contributed by atoms with Crippen molar-refractivity contribution in [3.63, 3.8) is 0 Å². The summed E-state index contributed by atoms with van der Waals surface area (Å²) in [6.45, 7) is 2.13. The first-order valence-corrected chi connectivity index (χ1v) is 6.36. The lowest BCUT2D eigenvalue weighted by Gasteiger charge is -2.07. The van der Waals surface area contributed by atoms with Gasteiger partial charge in [0.2, 0.25) is 5.28 Å². The Kier molecular flexibility index (Phi) is 3.05. The van der Waals surface area contributed by atoms with Gasteiger partial charge in [-0.2, -0.15) is 9.97 Å². The number of H-pyrrole nitrogens is 1. The molecule has 0 fully saturated rings. The van der Waals surface area contributed by atoms with Crippen LogP contribution in [0.15, 0.2) is 30.6 Å². The Morgan fingerprint density at radius 2 is 2.00 bits per heavy atom. The summed E-state index contributed by atoms with van der Waals surface area (Å²) in [4.78, 5) is 15.3. The second-order valence-corrected chi connectivity index (χ2v) is 4.46. The van der Waals surface area contributed by atoms with Gasteiger partial charge in [-0.1, -0.05) is 19.1 Å². The predicted octanol–water partition coefficient (Wildman–Crippen LogP) is 3.31. The van der Waals surface area contributed by atoms with Crippen LogP contribution in [0.25, 0.3) is 11.2 Å². The zero-order chi connectivity index (χ0) is 13.2. The summed E-state index contributed by atoms with van der Waals surface area (Å²) < 4.78 is 0. The van der Waals surface area contributed by atoms with Crippen LogP contribution in [0.1, 0.15) is 12.5 Å². The van der Waals surface area contributed by atoms with Crippen molar-refractivity contribution >= 4 is 34.3 Å². The molecule has 2 heterocycles. The van der Waals surface area contributed by atoms with Crippen LogP contribution in [-0.4, -0.2) is 19.9 Å². The molecule has 6 heteroatoms. The van der Waals surface area contributed by atoms with E-state index in [1.807, 2.05) is 12.1 Å². The maximum absolute atomic E-state index is 5.88. The second kappa shape index (κ2) is 4.85. The molecule has 0 aliphatic carbocycles. The number of hydrogen-bond acceptors (Lipinski definition) is 4. The molecule has 0 saturated heterocycles. The standard InChI is InChI=1S/C13H12ClN5/c1-2-8-3-5-9(6-4-8)17-12-10-11(16-7-15-10)18-13(14)19-12/h3-7H,2H2,1H3,(H2,15,16,17,18,19). The SMILES string of the molecule is CCc1ccc(Nc2nc(Cl)nc3nc[nH]c23)cc1. The minimum absolute atomic E-state index is 0.173. The van der Waals surface area contributed by atoms with E-state index in [2.05, 4.69) is 44.3 Å². The Morgan fingerprint density at radius 1 is 1.21 bits per heavy atom. The number of nitrogens with one attached hydrogen (secondary N) is 2. The number of aryl methyl sites for hydroxylation is 1. The van der Waals surface area contributed by atoms with Gasteiger partial charge in [0, 0.05) is 5.69 Å². The summed E-state index contributed by atoms with van der Waals surface area (Å²) >= 11 is 5.88. The highest BCUT2D eigenvalue weighted by atomic mass is 35.5. The number of hydrogen-bond donors (Lipinski definition) is 2. The van der Waals surface area contributed by atoms with Crippen molar-refractivity contribution in [2.45, 2.75) is 13.3 Å². The Morgan fingerprint density at radius 3 is 2.74 bits per heavy atom. The molecule has 0 saturated carbocycles. The largest absolute Gasteiger partial charge is 0.340 e. The monoisotopic (exact) mass is 273 g/mol. The summed E-state index contributed by atoms with van der Waals surface area (Å²) in [5, 5.41) is 3.39. The van der Waals surface area contributed by atoms with Gasteiger partial charge in [0.05, 0.1) is 6.33 Å². The minimum atomic E-state index is 0.173. The highest BCUT2D eigenvalue weighted by Gasteiger charge is 2.08. The van der Waals surface area contributed by atoms with Crippen LogP contribution in [0, 0.1) is 0 Å². The van der Waals surface area contributed by atoms with Crippen LogP contribution in [-0.2, 0) is 6.42 Å². The number of halogens is 1. The smallest absolute Gasteiger partial charge is 0.226 e. The lowest BCUT2D eigenvalue weighted by Crippen LogP contribution is -1.97. The first-order valence-electron chi connectivity index (χ1n) is 5.99. The van der Waals surface area contributed by atoms with Crippen molar-refractivity contribution in [3.05, 3.63) is 41.4 Å². The molecule has 0 aliphatic heterocycles. The van der Waals surface area contributed by atoms with E-state index < -0.39 is 0 Å². The van der Waals surface area contributed by atoms with Crippen LogP contribution in [0.3, 0.4) is 0 Å². The minimum Gasteiger partial charge on any atom is -0.340 e. The van der Waals surface area contributed by atoms with E-state index in [0.717, 1.165) is 17.6 Å². The van der Waals surface area contributed by atoms with Gasteiger partial charge < -0.3 is 10.3 Å². The molecule has 0 amide bonds. The number of aromatic nitrogens is 4. The van der Waals surface area contributed by atoms with Gasteiger partial charge in [0.15, 0.2) is 11.5 Å². The molecule has 0 radical (unpaired) electrons. The molecule has 0 aliphatic rings. The summed E-state index contributed by atoms with van der Waals surface area (Å²) in [7, 11) is 0. The third kappa shape index (κ3) is 2.37.